The van der Waals surface area contributed by atoms with E-state index in [0.717, 1.165) is 16.1 Å². The predicted octanol–water partition coefficient (Wildman–Crippen LogP) is 2.24. The summed E-state index contributed by atoms with van der Waals surface area (Å²) in [6.45, 7) is 6.40. The summed E-state index contributed by atoms with van der Waals surface area (Å²) in [5, 5.41) is 11.4. The molecule has 28 heavy (non-hydrogen) atoms. The second-order valence-electron chi connectivity index (χ2n) is 6.63. The highest BCUT2D eigenvalue weighted by molar-refractivity contribution is 5.79. The molecule has 0 aliphatic rings. The lowest BCUT2D eigenvalue weighted by atomic mass is 10.1. The quantitative estimate of drug-likeness (QED) is 0.708. The van der Waals surface area contributed by atoms with Crippen molar-refractivity contribution in [3.8, 4) is 11.3 Å². The Balaban J connectivity index is 1.70. The Hall–Kier alpha value is -3.29. The van der Waals surface area contributed by atoms with Crippen LogP contribution in [0.25, 0.3) is 11.3 Å². The van der Waals surface area contributed by atoms with E-state index in [1.807, 2.05) is 24.6 Å². The summed E-state index contributed by atoms with van der Waals surface area (Å²) < 4.78 is 16.1. The lowest BCUT2D eigenvalue weighted by Gasteiger charge is -2.15. The van der Waals surface area contributed by atoms with Gasteiger partial charge in [0.2, 0.25) is 5.91 Å². The normalized spacial score (nSPS) is 12.0. The number of benzene rings is 1. The van der Waals surface area contributed by atoms with Gasteiger partial charge in [0, 0.05) is 23.9 Å². The SMILES string of the molecule is Cc1cc(C)n(CCNC(=O)[C@H](C)n2nc(-c3ccc(F)cc3)ccc2=O)n1. The van der Waals surface area contributed by atoms with Crippen LogP contribution in [-0.2, 0) is 11.3 Å². The molecule has 0 bridgehead atoms. The largest absolute Gasteiger partial charge is 0.352 e. The van der Waals surface area contributed by atoms with Gasteiger partial charge in [-0.3, -0.25) is 14.3 Å². The number of carbonyl (C=O) groups excluding carboxylic acids is 1. The first-order chi connectivity index (χ1) is 13.3. The maximum atomic E-state index is 13.1. The molecule has 0 fully saturated rings. The van der Waals surface area contributed by atoms with Crippen LogP contribution in [0.4, 0.5) is 4.39 Å². The molecule has 1 atom stereocenters. The van der Waals surface area contributed by atoms with Crippen LogP contribution in [0.2, 0.25) is 0 Å². The van der Waals surface area contributed by atoms with Gasteiger partial charge in [0.05, 0.1) is 17.9 Å². The van der Waals surface area contributed by atoms with Crippen molar-refractivity contribution in [3.63, 3.8) is 0 Å². The molecule has 2 heterocycles. The van der Waals surface area contributed by atoms with Gasteiger partial charge in [0.25, 0.3) is 5.56 Å². The molecule has 8 heteroatoms. The molecular formula is C20H22FN5O2. The third-order valence-electron chi connectivity index (χ3n) is 4.44. The van der Waals surface area contributed by atoms with E-state index in [2.05, 4.69) is 15.5 Å². The Kier molecular flexibility index (Phi) is 5.67. The molecule has 0 saturated carbocycles. The summed E-state index contributed by atoms with van der Waals surface area (Å²) in [6.07, 6.45) is 0. The number of rotatable bonds is 6. The molecule has 1 aromatic carbocycles. The minimum absolute atomic E-state index is 0.313. The van der Waals surface area contributed by atoms with Crippen LogP contribution in [0.5, 0.6) is 0 Å². The molecule has 0 spiro atoms. The predicted molar refractivity (Wildman–Crippen MR) is 103 cm³/mol. The molecule has 3 aromatic rings. The summed E-state index contributed by atoms with van der Waals surface area (Å²) >= 11 is 0. The molecule has 3 rings (SSSR count). The molecule has 1 N–H and O–H groups in total. The Labute approximate surface area is 161 Å². The summed E-state index contributed by atoms with van der Waals surface area (Å²) in [5.41, 5.74) is 2.71. The third kappa shape index (κ3) is 4.33. The maximum Gasteiger partial charge on any atom is 0.267 e. The van der Waals surface area contributed by atoms with Gasteiger partial charge in [-0.2, -0.15) is 10.2 Å². The number of aryl methyl sites for hydroxylation is 2. The van der Waals surface area contributed by atoms with Crippen LogP contribution in [0.1, 0.15) is 24.4 Å². The number of carbonyl (C=O) groups is 1. The van der Waals surface area contributed by atoms with Crippen molar-refractivity contribution in [2.75, 3.05) is 6.54 Å². The van der Waals surface area contributed by atoms with E-state index >= 15 is 0 Å². The summed E-state index contributed by atoms with van der Waals surface area (Å²) in [4.78, 5) is 24.7. The van der Waals surface area contributed by atoms with Crippen molar-refractivity contribution in [1.29, 1.82) is 0 Å². The highest BCUT2D eigenvalue weighted by atomic mass is 19.1. The summed E-state index contributed by atoms with van der Waals surface area (Å²) in [5.74, 6) is -0.667. The molecule has 0 radical (unpaired) electrons. The zero-order valence-electron chi connectivity index (χ0n) is 16.0. The number of hydrogen-bond acceptors (Lipinski definition) is 4. The van der Waals surface area contributed by atoms with E-state index < -0.39 is 6.04 Å². The van der Waals surface area contributed by atoms with Crippen molar-refractivity contribution in [3.05, 3.63) is 70.0 Å². The molecule has 0 aliphatic carbocycles. The Morgan fingerprint density at radius 2 is 1.86 bits per heavy atom. The fourth-order valence-corrected chi connectivity index (χ4v) is 2.92. The van der Waals surface area contributed by atoms with E-state index in [9.17, 15) is 14.0 Å². The van der Waals surface area contributed by atoms with Crippen LogP contribution in [-0.4, -0.2) is 32.0 Å². The van der Waals surface area contributed by atoms with Crippen LogP contribution >= 0.6 is 0 Å². The van der Waals surface area contributed by atoms with E-state index in [1.54, 1.807) is 25.1 Å². The highest BCUT2D eigenvalue weighted by Crippen LogP contribution is 2.16. The van der Waals surface area contributed by atoms with Crippen LogP contribution in [0.15, 0.2) is 47.3 Å². The molecular weight excluding hydrogens is 361 g/mol. The van der Waals surface area contributed by atoms with Gasteiger partial charge < -0.3 is 5.32 Å². The van der Waals surface area contributed by atoms with Crippen molar-refractivity contribution in [1.82, 2.24) is 24.9 Å². The number of aromatic nitrogens is 4. The minimum Gasteiger partial charge on any atom is -0.352 e. The minimum atomic E-state index is -0.784. The summed E-state index contributed by atoms with van der Waals surface area (Å²) in [6, 6.07) is 9.88. The van der Waals surface area contributed by atoms with E-state index in [0.29, 0.717) is 24.3 Å². The molecule has 0 unspecified atom stereocenters. The van der Waals surface area contributed by atoms with E-state index in [-0.39, 0.29) is 17.3 Å². The molecule has 2 aromatic heterocycles. The first-order valence-corrected chi connectivity index (χ1v) is 9.00. The second-order valence-corrected chi connectivity index (χ2v) is 6.63. The highest BCUT2D eigenvalue weighted by Gasteiger charge is 2.18. The van der Waals surface area contributed by atoms with Crippen molar-refractivity contribution in [2.45, 2.75) is 33.4 Å². The zero-order valence-corrected chi connectivity index (χ0v) is 16.0. The van der Waals surface area contributed by atoms with Gasteiger partial charge in [0.1, 0.15) is 11.9 Å². The molecule has 0 saturated heterocycles. The van der Waals surface area contributed by atoms with Gasteiger partial charge in [0.15, 0.2) is 0 Å². The van der Waals surface area contributed by atoms with Gasteiger partial charge in [-0.05, 0) is 57.2 Å². The number of nitrogens with zero attached hydrogens (tertiary/aromatic N) is 4. The van der Waals surface area contributed by atoms with Crippen LogP contribution < -0.4 is 10.9 Å². The standard InChI is InChI=1S/C20H22FN5O2/c1-13-12-14(2)25(23-13)11-10-22-20(28)15(3)26-19(27)9-8-18(24-26)16-4-6-17(21)7-5-16/h4-9,12,15H,10-11H2,1-3H3,(H,22,28)/t15-/m0/s1. The fourth-order valence-electron chi connectivity index (χ4n) is 2.92. The Morgan fingerprint density at radius 3 is 2.50 bits per heavy atom. The number of hydrogen-bond donors (Lipinski definition) is 1. The Morgan fingerprint density at radius 1 is 1.14 bits per heavy atom. The number of amides is 1. The number of halogens is 1. The topological polar surface area (TPSA) is 81.8 Å². The average Bonchev–Trinajstić information content (AvgIpc) is 2.99. The molecule has 0 aliphatic heterocycles. The maximum absolute atomic E-state index is 13.1. The lowest BCUT2D eigenvalue weighted by molar-refractivity contribution is -0.124. The first kappa shape index (κ1) is 19.5. The van der Waals surface area contributed by atoms with E-state index in [4.69, 9.17) is 0 Å². The second kappa shape index (κ2) is 8.16. The van der Waals surface area contributed by atoms with Crippen molar-refractivity contribution in [2.24, 2.45) is 0 Å². The average molecular weight is 383 g/mol. The van der Waals surface area contributed by atoms with Crippen molar-refractivity contribution < 1.29 is 9.18 Å². The molecule has 1 amide bonds. The van der Waals surface area contributed by atoms with E-state index in [1.165, 1.54) is 18.2 Å². The summed E-state index contributed by atoms with van der Waals surface area (Å²) in [7, 11) is 0. The smallest absolute Gasteiger partial charge is 0.267 e. The van der Waals surface area contributed by atoms with Crippen LogP contribution in [0, 0.1) is 19.7 Å². The van der Waals surface area contributed by atoms with Gasteiger partial charge >= 0.3 is 0 Å². The Bertz CT molecular complexity index is 1040. The van der Waals surface area contributed by atoms with Gasteiger partial charge in [-0.25, -0.2) is 9.07 Å². The lowest BCUT2D eigenvalue weighted by Crippen LogP contribution is -2.38. The van der Waals surface area contributed by atoms with Crippen LogP contribution in [0.3, 0.4) is 0 Å². The molecule has 7 nitrogen and oxygen atoms in total. The van der Waals surface area contributed by atoms with Gasteiger partial charge in [-0.15, -0.1) is 0 Å². The fraction of sp³-hybridized carbons (Fsp3) is 0.300. The monoisotopic (exact) mass is 383 g/mol. The zero-order chi connectivity index (χ0) is 20.3. The third-order valence-corrected chi connectivity index (χ3v) is 4.44. The van der Waals surface area contributed by atoms with Crippen molar-refractivity contribution >= 4 is 5.91 Å². The van der Waals surface area contributed by atoms with Gasteiger partial charge in [-0.1, -0.05) is 0 Å². The molecule has 146 valence electrons. The number of nitrogens with one attached hydrogen (secondary N) is 1. The first-order valence-electron chi connectivity index (χ1n) is 9.00.